The highest BCUT2D eigenvalue weighted by Crippen LogP contribution is 2.33. The van der Waals surface area contributed by atoms with Crippen molar-refractivity contribution in [2.24, 2.45) is 0 Å². The van der Waals surface area contributed by atoms with Gasteiger partial charge in [0, 0.05) is 18.3 Å². The van der Waals surface area contributed by atoms with Gasteiger partial charge in [-0.05, 0) is 30.5 Å². The largest absolute Gasteiger partial charge is 0.344 e. The zero-order valence-electron chi connectivity index (χ0n) is 14.6. The lowest BCUT2D eigenvalue weighted by atomic mass is 10.1. The zero-order chi connectivity index (χ0) is 17.9. The van der Waals surface area contributed by atoms with Crippen molar-refractivity contribution in [3.63, 3.8) is 0 Å². The lowest BCUT2D eigenvalue weighted by Crippen LogP contribution is -2.28. The number of amides is 1. The molecule has 1 aliphatic heterocycles. The Kier molecular flexibility index (Phi) is 4.35. The highest BCUT2D eigenvalue weighted by atomic mass is 16.1. The summed E-state index contributed by atoms with van der Waals surface area (Å²) < 4.78 is 0. The summed E-state index contributed by atoms with van der Waals surface area (Å²) >= 11 is 0. The van der Waals surface area contributed by atoms with Crippen LogP contribution in [0.1, 0.15) is 34.6 Å². The summed E-state index contributed by atoms with van der Waals surface area (Å²) in [7, 11) is 0. The Hall–Kier alpha value is -3.21. The first-order chi connectivity index (χ1) is 12.7. The number of carbonyl (C=O) groups is 1. The van der Waals surface area contributed by atoms with Gasteiger partial charge in [-0.2, -0.15) is 0 Å². The Morgan fingerprint density at radius 3 is 2.69 bits per heavy atom. The molecule has 1 aliphatic rings. The first kappa shape index (κ1) is 16.3. The van der Waals surface area contributed by atoms with Gasteiger partial charge in [-0.15, -0.1) is 0 Å². The molecule has 130 valence electrons. The van der Waals surface area contributed by atoms with Crippen LogP contribution in [-0.2, 0) is 6.42 Å². The third kappa shape index (κ3) is 3.16. The number of nitrogens with one attached hydrogen (secondary N) is 1. The number of rotatable bonds is 4. The van der Waals surface area contributed by atoms with Crippen LogP contribution in [0.2, 0.25) is 0 Å². The second-order valence-electron chi connectivity index (χ2n) is 6.40. The van der Waals surface area contributed by atoms with Gasteiger partial charge in [0.1, 0.15) is 17.8 Å². The number of anilines is 2. The van der Waals surface area contributed by atoms with Crippen molar-refractivity contribution in [1.29, 1.82) is 0 Å². The number of aromatic nitrogens is 2. The molecule has 0 saturated heterocycles. The number of hydrogen-bond acceptors (Lipinski definition) is 4. The van der Waals surface area contributed by atoms with E-state index in [0.717, 1.165) is 30.0 Å². The van der Waals surface area contributed by atoms with Gasteiger partial charge < -0.3 is 10.2 Å². The van der Waals surface area contributed by atoms with E-state index in [2.05, 4.69) is 32.3 Å². The number of fused-ring (bicyclic) bond motifs is 1. The van der Waals surface area contributed by atoms with Gasteiger partial charge in [-0.1, -0.05) is 48.5 Å². The lowest BCUT2D eigenvalue weighted by molar-refractivity contribution is 0.0934. The van der Waals surface area contributed by atoms with E-state index in [1.165, 1.54) is 11.9 Å². The van der Waals surface area contributed by atoms with E-state index in [4.69, 9.17) is 0 Å². The van der Waals surface area contributed by atoms with Crippen LogP contribution >= 0.6 is 0 Å². The van der Waals surface area contributed by atoms with Crippen molar-refractivity contribution >= 4 is 17.4 Å². The molecule has 1 N–H and O–H groups in total. The van der Waals surface area contributed by atoms with Crippen molar-refractivity contribution < 1.29 is 4.79 Å². The number of nitrogens with zero attached hydrogens (tertiary/aromatic N) is 3. The molecule has 0 bridgehead atoms. The Bertz CT molecular complexity index is 926. The maximum Gasteiger partial charge on any atom is 0.270 e. The second-order valence-corrected chi connectivity index (χ2v) is 6.40. The number of para-hydroxylation sites is 1. The summed E-state index contributed by atoms with van der Waals surface area (Å²) in [5.74, 6) is 0.556. The molecule has 1 aromatic heterocycles. The highest BCUT2D eigenvalue weighted by molar-refractivity contribution is 5.93. The van der Waals surface area contributed by atoms with Gasteiger partial charge in [0.05, 0.1) is 6.04 Å². The first-order valence-corrected chi connectivity index (χ1v) is 8.75. The molecule has 26 heavy (non-hydrogen) atoms. The molecule has 2 aromatic carbocycles. The van der Waals surface area contributed by atoms with Crippen LogP contribution in [0.3, 0.4) is 0 Å². The smallest absolute Gasteiger partial charge is 0.270 e. The topological polar surface area (TPSA) is 58.1 Å². The average Bonchev–Trinajstić information content (AvgIpc) is 3.13. The van der Waals surface area contributed by atoms with E-state index >= 15 is 0 Å². The minimum absolute atomic E-state index is 0.0883. The van der Waals surface area contributed by atoms with Gasteiger partial charge in [0.25, 0.3) is 5.91 Å². The minimum atomic E-state index is -0.197. The molecule has 4 rings (SSSR count). The highest BCUT2D eigenvalue weighted by Gasteiger charge is 2.22. The monoisotopic (exact) mass is 344 g/mol. The quantitative estimate of drug-likeness (QED) is 0.785. The molecule has 0 fully saturated rings. The fraction of sp³-hybridized carbons (Fsp3) is 0.190. The fourth-order valence-electron chi connectivity index (χ4n) is 3.29. The molecule has 0 aliphatic carbocycles. The molecule has 3 aromatic rings. The maximum atomic E-state index is 12.6. The van der Waals surface area contributed by atoms with Crippen molar-refractivity contribution in [3.05, 3.63) is 83.8 Å². The molecule has 0 spiro atoms. The zero-order valence-corrected chi connectivity index (χ0v) is 14.6. The summed E-state index contributed by atoms with van der Waals surface area (Å²) in [6.45, 7) is 2.82. The molecular weight excluding hydrogens is 324 g/mol. The molecule has 1 unspecified atom stereocenters. The van der Waals surface area contributed by atoms with E-state index in [0.29, 0.717) is 5.69 Å². The molecule has 1 atom stereocenters. The van der Waals surface area contributed by atoms with Crippen LogP contribution < -0.4 is 10.2 Å². The van der Waals surface area contributed by atoms with Gasteiger partial charge in [0.2, 0.25) is 0 Å². The molecule has 0 saturated carbocycles. The van der Waals surface area contributed by atoms with Crippen LogP contribution in [0.15, 0.2) is 67.0 Å². The molecular formula is C21H20N4O. The van der Waals surface area contributed by atoms with Gasteiger partial charge in [0.15, 0.2) is 0 Å². The van der Waals surface area contributed by atoms with Crippen LogP contribution in [0.5, 0.6) is 0 Å². The Morgan fingerprint density at radius 2 is 1.85 bits per heavy atom. The summed E-state index contributed by atoms with van der Waals surface area (Å²) in [6, 6.07) is 19.8. The molecule has 1 amide bonds. The van der Waals surface area contributed by atoms with Crippen LogP contribution in [0.4, 0.5) is 11.5 Å². The Morgan fingerprint density at radius 1 is 1.08 bits per heavy atom. The summed E-state index contributed by atoms with van der Waals surface area (Å²) in [5, 5.41) is 3.00. The van der Waals surface area contributed by atoms with Crippen LogP contribution in [0.25, 0.3) is 0 Å². The predicted molar refractivity (Wildman–Crippen MR) is 102 cm³/mol. The standard InChI is InChI=1S/C21H20N4O/c1-15(16-7-3-2-4-8-16)24-21(26)18-13-20(23-14-22-18)25-12-11-17-9-5-6-10-19(17)25/h2-10,13-15H,11-12H2,1H3,(H,24,26). The summed E-state index contributed by atoms with van der Waals surface area (Å²) in [4.78, 5) is 23.3. The predicted octanol–water partition coefficient (Wildman–Crippen LogP) is 3.66. The number of carbonyl (C=O) groups excluding carboxylic acids is 1. The molecule has 0 radical (unpaired) electrons. The average molecular weight is 344 g/mol. The van der Waals surface area contributed by atoms with E-state index < -0.39 is 0 Å². The first-order valence-electron chi connectivity index (χ1n) is 8.75. The maximum absolute atomic E-state index is 12.6. The normalized spacial score (nSPS) is 14.0. The molecule has 5 nitrogen and oxygen atoms in total. The lowest BCUT2D eigenvalue weighted by Gasteiger charge is -2.19. The van der Waals surface area contributed by atoms with Crippen molar-refractivity contribution in [2.45, 2.75) is 19.4 Å². The fourth-order valence-corrected chi connectivity index (χ4v) is 3.29. The van der Waals surface area contributed by atoms with Crippen LogP contribution in [0, 0.1) is 0 Å². The number of hydrogen-bond donors (Lipinski definition) is 1. The molecule has 5 heteroatoms. The van der Waals surface area contributed by atoms with E-state index in [1.54, 1.807) is 6.07 Å². The SMILES string of the molecule is CC(NC(=O)c1cc(N2CCc3ccccc32)ncn1)c1ccccc1. The van der Waals surface area contributed by atoms with Gasteiger partial charge >= 0.3 is 0 Å². The van der Waals surface area contributed by atoms with Gasteiger partial charge in [-0.25, -0.2) is 9.97 Å². The van der Waals surface area contributed by atoms with Crippen molar-refractivity contribution in [1.82, 2.24) is 15.3 Å². The number of benzene rings is 2. The minimum Gasteiger partial charge on any atom is -0.344 e. The summed E-state index contributed by atoms with van der Waals surface area (Å²) in [6.07, 6.45) is 2.44. The van der Waals surface area contributed by atoms with Crippen molar-refractivity contribution in [3.8, 4) is 0 Å². The van der Waals surface area contributed by atoms with Crippen molar-refractivity contribution in [2.75, 3.05) is 11.4 Å². The Balaban J connectivity index is 1.54. The van der Waals surface area contributed by atoms with Crippen LogP contribution in [-0.4, -0.2) is 22.4 Å². The van der Waals surface area contributed by atoms with E-state index in [9.17, 15) is 4.79 Å². The Labute approximate surface area is 152 Å². The second kappa shape index (κ2) is 6.96. The third-order valence-corrected chi connectivity index (χ3v) is 4.70. The van der Waals surface area contributed by atoms with Gasteiger partial charge in [-0.3, -0.25) is 4.79 Å². The third-order valence-electron chi connectivity index (χ3n) is 4.70. The van der Waals surface area contributed by atoms with E-state index in [-0.39, 0.29) is 11.9 Å². The summed E-state index contributed by atoms with van der Waals surface area (Å²) in [5.41, 5.74) is 3.88. The van der Waals surface area contributed by atoms with E-state index in [1.807, 2.05) is 49.4 Å². The molecule has 2 heterocycles.